The molecule has 0 aliphatic heterocycles. The van der Waals surface area contributed by atoms with Gasteiger partial charge in [0.15, 0.2) is 0 Å². The van der Waals surface area contributed by atoms with Crippen LogP contribution in [-0.4, -0.2) is 21.3 Å². The predicted molar refractivity (Wildman–Crippen MR) is 73.0 cm³/mol. The summed E-state index contributed by atoms with van der Waals surface area (Å²) in [5.41, 5.74) is -0.411. The molecule has 2 aromatic carbocycles. The number of fused-ring (bicyclic) bond motifs is 1. The first-order valence-corrected chi connectivity index (χ1v) is 6.06. The minimum absolute atomic E-state index is 0.156. The van der Waals surface area contributed by atoms with Gasteiger partial charge in [0.1, 0.15) is 11.6 Å². The van der Waals surface area contributed by atoms with E-state index in [1.165, 1.54) is 6.07 Å². The molecule has 1 heterocycles. The normalized spacial score (nSPS) is 10.5. The Morgan fingerprint density at radius 3 is 2.76 bits per heavy atom. The van der Waals surface area contributed by atoms with Gasteiger partial charge in [-0.1, -0.05) is 18.2 Å². The lowest BCUT2D eigenvalue weighted by atomic mass is 10.2. The van der Waals surface area contributed by atoms with Crippen molar-refractivity contribution in [2.24, 2.45) is 0 Å². The Hall–Kier alpha value is -3.02. The zero-order chi connectivity index (χ0) is 14.8. The molecular formula is C15H9FN2O3. The van der Waals surface area contributed by atoms with Crippen molar-refractivity contribution in [3.8, 4) is 11.6 Å². The molecule has 1 aromatic heterocycles. The lowest BCUT2D eigenvalue weighted by Gasteiger charge is -2.07. The van der Waals surface area contributed by atoms with Gasteiger partial charge in [0, 0.05) is 16.8 Å². The highest BCUT2D eigenvalue weighted by Gasteiger charge is 2.12. The van der Waals surface area contributed by atoms with Crippen molar-refractivity contribution in [1.29, 1.82) is 0 Å². The second kappa shape index (κ2) is 5.16. The monoisotopic (exact) mass is 284 g/mol. The molecule has 0 amide bonds. The zero-order valence-corrected chi connectivity index (χ0v) is 10.7. The van der Waals surface area contributed by atoms with Crippen LogP contribution in [0.4, 0.5) is 4.39 Å². The third kappa shape index (κ3) is 2.51. The number of aromatic nitrogens is 2. The van der Waals surface area contributed by atoms with Crippen molar-refractivity contribution in [2.45, 2.75) is 0 Å². The number of hydrogen-bond acceptors (Lipinski definition) is 4. The first-order chi connectivity index (χ1) is 10.1. The van der Waals surface area contributed by atoms with Crippen LogP contribution in [0.15, 0.2) is 48.7 Å². The molecule has 3 aromatic rings. The van der Waals surface area contributed by atoms with Gasteiger partial charge in [-0.2, -0.15) is 5.10 Å². The molecule has 1 N–H and O–H groups in total. The van der Waals surface area contributed by atoms with E-state index in [1.807, 2.05) is 18.2 Å². The van der Waals surface area contributed by atoms with Crippen LogP contribution in [0, 0.1) is 5.82 Å². The maximum atomic E-state index is 13.6. The van der Waals surface area contributed by atoms with Crippen molar-refractivity contribution in [3.05, 3.63) is 60.0 Å². The predicted octanol–water partition coefficient (Wildman–Crippen LogP) is 3.26. The molecule has 6 heteroatoms. The lowest BCUT2D eigenvalue weighted by Crippen LogP contribution is -2.00. The minimum atomic E-state index is -1.33. The Balaban J connectivity index is 1.99. The average Bonchev–Trinajstić information content (AvgIpc) is 2.47. The summed E-state index contributed by atoms with van der Waals surface area (Å²) in [6.07, 6.45) is 1.59. The van der Waals surface area contributed by atoms with Crippen molar-refractivity contribution in [1.82, 2.24) is 10.2 Å². The van der Waals surface area contributed by atoms with E-state index in [1.54, 1.807) is 12.3 Å². The van der Waals surface area contributed by atoms with Crippen LogP contribution in [-0.2, 0) is 0 Å². The number of hydrogen-bond donors (Lipinski definition) is 1. The minimum Gasteiger partial charge on any atom is -0.478 e. The summed E-state index contributed by atoms with van der Waals surface area (Å²) in [4.78, 5) is 10.8. The molecule has 0 fully saturated rings. The van der Waals surface area contributed by atoms with Gasteiger partial charge in [-0.05, 0) is 18.2 Å². The third-order valence-electron chi connectivity index (χ3n) is 2.92. The molecule has 104 valence electrons. The topological polar surface area (TPSA) is 72.3 Å². The van der Waals surface area contributed by atoms with Crippen LogP contribution in [0.1, 0.15) is 10.4 Å². The SMILES string of the molecule is O=C(O)c1ccc(Oc2nncc3ccccc23)cc1F. The molecular weight excluding hydrogens is 275 g/mol. The number of halogens is 1. The van der Waals surface area contributed by atoms with Gasteiger partial charge >= 0.3 is 5.97 Å². The number of rotatable bonds is 3. The zero-order valence-electron chi connectivity index (χ0n) is 10.7. The van der Waals surface area contributed by atoms with Crippen LogP contribution in [0.5, 0.6) is 11.6 Å². The fourth-order valence-electron chi connectivity index (χ4n) is 1.92. The Kier molecular flexibility index (Phi) is 3.19. The third-order valence-corrected chi connectivity index (χ3v) is 2.92. The quantitative estimate of drug-likeness (QED) is 0.799. The van der Waals surface area contributed by atoms with Gasteiger partial charge in [0.25, 0.3) is 0 Å². The van der Waals surface area contributed by atoms with E-state index < -0.39 is 17.3 Å². The van der Waals surface area contributed by atoms with Gasteiger partial charge in [0.05, 0.1) is 11.8 Å². The number of aromatic carboxylic acids is 1. The van der Waals surface area contributed by atoms with Gasteiger partial charge in [0.2, 0.25) is 5.88 Å². The van der Waals surface area contributed by atoms with Crippen molar-refractivity contribution < 1.29 is 19.0 Å². The summed E-state index contributed by atoms with van der Waals surface area (Å²) in [5, 5.41) is 18.0. The largest absolute Gasteiger partial charge is 0.478 e. The summed E-state index contributed by atoms with van der Waals surface area (Å²) in [7, 11) is 0. The standard InChI is InChI=1S/C15H9FN2O3/c16-13-7-10(5-6-12(13)15(19)20)21-14-11-4-2-1-3-9(11)8-17-18-14/h1-8H,(H,19,20). The molecule has 3 rings (SSSR count). The molecule has 0 saturated carbocycles. The van der Waals surface area contributed by atoms with E-state index in [-0.39, 0.29) is 11.6 Å². The van der Waals surface area contributed by atoms with E-state index >= 15 is 0 Å². The van der Waals surface area contributed by atoms with E-state index in [0.29, 0.717) is 0 Å². The molecule has 0 saturated heterocycles. The van der Waals surface area contributed by atoms with Gasteiger partial charge in [-0.25, -0.2) is 9.18 Å². The van der Waals surface area contributed by atoms with Crippen LogP contribution < -0.4 is 4.74 Å². The maximum absolute atomic E-state index is 13.6. The Morgan fingerprint density at radius 1 is 1.19 bits per heavy atom. The molecule has 0 aliphatic carbocycles. The first kappa shape index (κ1) is 13.0. The second-order valence-electron chi connectivity index (χ2n) is 4.29. The van der Waals surface area contributed by atoms with E-state index in [4.69, 9.17) is 9.84 Å². The van der Waals surface area contributed by atoms with Gasteiger partial charge in [-0.15, -0.1) is 5.10 Å². The fraction of sp³-hybridized carbons (Fsp3) is 0. The number of benzene rings is 2. The van der Waals surface area contributed by atoms with Crippen LogP contribution >= 0.6 is 0 Å². The van der Waals surface area contributed by atoms with Crippen LogP contribution in [0.3, 0.4) is 0 Å². The molecule has 0 spiro atoms. The number of carboxylic acids is 1. The van der Waals surface area contributed by atoms with E-state index in [2.05, 4.69) is 10.2 Å². The maximum Gasteiger partial charge on any atom is 0.338 e. The van der Waals surface area contributed by atoms with Crippen molar-refractivity contribution in [3.63, 3.8) is 0 Å². The highest BCUT2D eigenvalue weighted by molar-refractivity contribution is 5.88. The Morgan fingerprint density at radius 2 is 2.00 bits per heavy atom. The van der Waals surface area contributed by atoms with E-state index in [0.717, 1.165) is 22.9 Å². The summed E-state index contributed by atoms with van der Waals surface area (Å²) in [6, 6.07) is 10.9. The van der Waals surface area contributed by atoms with Crippen molar-refractivity contribution in [2.75, 3.05) is 0 Å². The lowest BCUT2D eigenvalue weighted by molar-refractivity contribution is 0.0692. The molecule has 0 aliphatic rings. The summed E-state index contributed by atoms with van der Waals surface area (Å²) in [5.74, 6) is -1.81. The molecule has 0 bridgehead atoms. The summed E-state index contributed by atoms with van der Waals surface area (Å²) >= 11 is 0. The Labute approximate surface area is 118 Å². The molecule has 5 nitrogen and oxygen atoms in total. The highest BCUT2D eigenvalue weighted by atomic mass is 19.1. The molecule has 0 atom stereocenters. The summed E-state index contributed by atoms with van der Waals surface area (Å²) in [6.45, 7) is 0. The fourth-order valence-corrected chi connectivity index (χ4v) is 1.92. The van der Waals surface area contributed by atoms with Crippen molar-refractivity contribution >= 4 is 16.7 Å². The molecule has 0 unspecified atom stereocenters. The number of carbonyl (C=O) groups is 1. The number of nitrogens with zero attached hydrogens (tertiary/aromatic N) is 2. The van der Waals surface area contributed by atoms with Crippen LogP contribution in [0.2, 0.25) is 0 Å². The van der Waals surface area contributed by atoms with E-state index in [9.17, 15) is 9.18 Å². The number of ether oxygens (including phenoxy) is 1. The molecule has 21 heavy (non-hydrogen) atoms. The second-order valence-corrected chi connectivity index (χ2v) is 4.29. The Bertz CT molecular complexity index is 831. The van der Waals surface area contributed by atoms with Crippen LogP contribution in [0.25, 0.3) is 10.8 Å². The number of carboxylic acid groups (broad SMARTS) is 1. The molecule has 0 radical (unpaired) electrons. The summed E-state index contributed by atoms with van der Waals surface area (Å²) < 4.78 is 19.1. The van der Waals surface area contributed by atoms with Gasteiger partial charge in [-0.3, -0.25) is 0 Å². The smallest absolute Gasteiger partial charge is 0.338 e. The highest BCUT2D eigenvalue weighted by Crippen LogP contribution is 2.27. The first-order valence-electron chi connectivity index (χ1n) is 6.06. The van der Waals surface area contributed by atoms with Gasteiger partial charge < -0.3 is 9.84 Å². The average molecular weight is 284 g/mol.